The van der Waals surface area contributed by atoms with Gasteiger partial charge in [-0.1, -0.05) is 59.6 Å². The number of aliphatic carboxylic acids is 1. The van der Waals surface area contributed by atoms with E-state index < -0.39 is 34.2 Å². The Morgan fingerprint density at radius 1 is 0.970 bits per heavy atom. The highest BCUT2D eigenvalue weighted by Crippen LogP contribution is 2.48. The average Bonchev–Trinajstić information content (AvgIpc) is 2.75. The standard InChI is InChI=1S/C24H19Cl2NO5S/c1-14(28)16-7-8-17-18-4-2-3-5-22(18)27(23(12-24(29)30)19(17)11-16)33(31,32)13-15-6-9-20(25)21(26)10-15/h2-11,23H,12-13H2,1H3,(H,29,30). The maximum Gasteiger partial charge on any atom is 0.305 e. The molecule has 9 heteroatoms. The minimum atomic E-state index is -4.07. The summed E-state index contributed by atoms with van der Waals surface area (Å²) in [5.74, 6) is -1.76. The molecule has 0 radical (unpaired) electrons. The molecule has 0 aliphatic carbocycles. The number of halogens is 2. The van der Waals surface area contributed by atoms with Gasteiger partial charge in [-0.05, 0) is 47.9 Å². The number of benzene rings is 3. The van der Waals surface area contributed by atoms with Gasteiger partial charge in [-0.25, -0.2) is 8.42 Å². The van der Waals surface area contributed by atoms with Crippen LogP contribution in [0.4, 0.5) is 5.69 Å². The van der Waals surface area contributed by atoms with Crippen molar-refractivity contribution in [2.75, 3.05) is 4.31 Å². The number of hydrogen-bond donors (Lipinski definition) is 1. The number of ketones is 1. The minimum absolute atomic E-state index is 0.198. The zero-order valence-corrected chi connectivity index (χ0v) is 19.8. The molecule has 1 heterocycles. The zero-order chi connectivity index (χ0) is 23.9. The SMILES string of the molecule is CC(=O)c1ccc2c(c1)C(CC(=O)O)N(S(=O)(=O)Cc1ccc(Cl)c(Cl)c1)c1ccccc1-2. The van der Waals surface area contributed by atoms with E-state index in [1.165, 1.54) is 19.1 Å². The first-order valence-corrected chi connectivity index (χ1v) is 12.4. The van der Waals surface area contributed by atoms with Gasteiger partial charge in [0.15, 0.2) is 5.78 Å². The van der Waals surface area contributed by atoms with E-state index in [9.17, 15) is 23.1 Å². The second kappa shape index (κ2) is 8.82. The van der Waals surface area contributed by atoms with Crippen LogP contribution in [0.15, 0.2) is 60.7 Å². The summed E-state index contributed by atoms with van der Waals surface area (Å²) in [6.45, 7) is 1.41. The summed E-state index contributed by atoms with van der Waals surface area (Å²) in [5.41, 5.74) is 2.99. The molecule has 1 atom stereocenters. The van der Waals surface area contributed by atoms with Crippen molar-refractivity contribution >= 4 is 50.7 Å². The number of nitrogens with zero attached hydrogens (tertiary/aromatic N) is 1. The third kappa shape index (κ3) is 4.49. The first kappa shape index (κ1) is 23.3. The maximum atomic E-state index is 13.7. The predicted octanol–water partition coefficient (Wildman–Crippen LogP) is 5.73. The average molecular weight is 504 g/mol. The Kier molecular flexibility index (Phi) is 6.22. The van der Waals surface area contributed by atoms with Crippen LogP contribution in [0.3, 0.4) is 0 Å². The number of rotatable bonds is 6. The van der Waals surface area contributed by atoms with Crippen molar-refractivity contribution in [2.45, 2.75) is 25.1 Å². The summed E-state index contributed by atoms with van der Waals surface area (Å²) in [5, 5.41) is 10.2. The van der Waals surface area contributed by atoms with Gasteiger partial charge >= 0.3 is 5.97 Å². The molecule has 0 bridgehead atoms. The zero-order valence-electron chi connectivity index (χ0n) is 17.5. The quantitative estimate of drug-likeness (QED) is 0.433. The number of anilines is 1. The number of carboxylic acid groups (broad SMARTS) is 1. The Bertz CT molecular complexity index is 1390. The molecule has 6 nitrogen and oxygen atoms in total. The number of carboxylic acids is 1. The molecule has 170 valence electrons. The normalized spacial score (nSPS) is 15.0. The van der Waals surface area contributed by atoms with Gasteiger partial charge in [-0.2, -0.15) is 0 Å². The third-order valence-electron chi connectivity index (χ3n) is 5.53. The van der Waals surface area contributed by atoms with Crippen LogP contribution in [0.1, 0.15) is 40.9 Å². The summed E-state index contributed by atoms with van der Waals surface area (Å²) < 4.78 is 28.6. The highest BCUT2D eigenvalue weighted by molar-refractivity contribution is 7.92. The smallest absolute Gasteiger partial charge is 0.305 e. The van der Waals surface area contributed by atoms with Crippen molar-refractivity contribution in [3.05, 3.63) is 87.4 Å². The van der Waals surface area contributed by atoms with E-state index in [0.29, 0.717) is 38.5 Å². The Labute approximate surface area is 201 Å². The molecule has 0 spiro atoms. The molecule has 1 aliphatic rings. The van der Waals surface area contributed by atoms with Crippen LogP contribution in [0, 0.1) is 0 Å². The molecule has 1 unspecified atom stereocenters. The second-order valence-electron chi connectivity index (χ2n) is 7.79. The Hall–Kier alpha value is -2.87. The van der Waals surface area contributed by atoms with Crippen molar-refractivity contribution in [3.8, 4) is 11.1 Å². The fourth-order valence-corrected chi connectivity index (χ4v) is 6.20. The molecule has 4 rings (SSSR count). The van der Waals surface area contributed by atoms with Gasteiger partial charge in [-0.15, -0.1) is 0 Å². The Balaban J connectivity index is 1.91. The second-order valence-corrected chi connectivity index (χ2v) is 10.4. The van der Waals surface area contributed by atoms with E-state index in [-0.39, 0.29) is 10.8 Å². The van der Waals surface area contributed by atoms with E-state index in [1.54, 1.807) is 48.5 Å². The highest BCUT2D eigenvalue weighted by atomic mass is 35.5. The van der Waals surface area contributed by atoms with Gasteiger partial charge in [0, 0.05) is 11.1 Å². The van der Waals surface area contributed by atoms with Crippen LogP contribution in [-0.2, 0) is 20.6 Å². The topological polar surface area (TPSA) is 91.8 Å². The van der Waals surface area contributed by atoms with Crippen LogP contribution in [0.2, 0.25) is 10.0 Å². The van der Waals surface area contributed by atoms with Gasteiger partial charge in [0.25, 0.3) is 0 Å². The lowest BCUT2D eigenvalue weighted by atomic mass is 9.86. The number of sulfonamides is 1. The summed E-state index contributed by atoms with van der Waals surface area (Å²) in [6.07, 6.45) is -0.469. The first-order chi connectivity index (χ1) is 15.6. The number of Topliss-reactive ketones (excluding diaryl/α,β-unsaturated/α-hetero) is 1. The molecule has 0 aromatic heterocycles. The van der Waals surface area contributed by atoms with Crippen molar-refractivity contribution in [1.82, 2.24) is 0 Å². The van der Waals surface area contributed by atoms with E-state index in [2.05, 4.69) is 0 Å². The first-order valence-electron chi connectivity index (χ1n) is 10.0. The summed E-state index contributed by atoms with van der Waals surface area (Å²) >= 11 is 12.0. The fourth-order valence-electron chi connectivity index (χ4n) is 4.10. The summed E-state index contributed by atoms with van der Waals surface area (Å²) in [6, 6.07) is 15.4. The molecule has 3 aromatic rings. The lowest BCUT2D eigenvalue weighted by molar-refractivity contribution is -0.137. The molecule has 1 N–H and O–H groups in total. The van der Waals surface area contributed by atoms with Crippen LogP contribution in [-0.4, -0.2) is 25.3 Å². The van der Waals surface area contributed by atoms with E-state index >= 15 is 0 Å². The minimum Gasteiger partial charge on any atom is -0.481 e. The van der Waals surface area contributed by atoms with E-state index in [0.717, 1.165) is 4.31 Å². The van der Waals surface area contributed by atoms with Gasteiger partial charge in [0.2, 0.25) is 10.0 Å². The number of para-hydroxylation sites is 1. The fraction of sp³-hybridized carbons (Fsp3) is 0.167. The van der Waals surface area contributed by atoms with Crippen LogP contribution in [0.25, 0.3) is 11.1 Å². The molecular weight excluding hydrogens is 485 g/mol. The van der Waals surface area contributed by atoms with Crippen molar-refractivity contribution in [2.24, 2.45) is 0 Å². The predicted molar refractivity (Wildman–Crippen MR) is 128 cm³/mol. The Morgan fingerprint density at radius 2 is 1.70 bits per heavy atom. The molecule has 0 saturated carbocycles. The van der Waals surface area contributed by atoms with Crippen molar-refractivity contribution < 1.29 is 23.1 Å². The number of carbonyl (C=O) groups excluding carboxylic acids is 1. The summed E-state index contributed by atoms with van der Waals surface area (Å²) in [7, 11) is -4.07. The molecule has 1 aliphatic heterocycles. The van der Waals surface area contributed by atoms with Crippen molar-refractivity contribution in [1.29, 1.82) is 0 Å². The van der Waals surface area contributed by atoms with E-state index in [1.807, 2.05) is 0 Å². The van der Waals surface area contributed by atoms with Gasteiger partial charge in [0.05, 0.1) is 33.9 Å². The largest absolute Gasteiger partial charge is 0.481 e. The van der Waals surface area contributed by atoms with Crippen LogP contribution < -0.4 is 4.31 Å². The van der Waals surface area contributed by atoms with Crippen LogP contribution in [0.5, 0.6) is 0 Å². The summed E-state index contributed by atoms with van der Waals surface area (Å²) in [4.78, 5) is 23.8. The molecular formula is C24H19Cl2NO5S. The molecule has 33 heavy (non-hydrogen) atoms. The van der Waals surface area contributed by atoms with Gasteiger partial charge < -0.3 is 5.11 Å². The highest BCUT2D eigenvalue weighted by Gasteiger charge is 2.39. The monoisotopic (exact) mass is 503 g/mol. The lowest BCUT2D eigenvalue weighted by Gasteiger charge is -2.39. The number of fused-ring (bicyclic) bond motifs is 3. The molecule has 0 amide bonds. The van der Waals surface area contributed by atoms with E-state index in [4.69, 9.17) is 23.2 Å². The third-order valence-corrected chi connectivity index (χ3v) is 8.02. The van der Waals surface area contributed by atoms with Gasteiger partial charge in [0.1, 0.15) is 0 Å². The van der Waals surface area contributed by atoms with Crippen molar-refractivity contribution in [3.63, 3.8) is 0 Å². The van der Waals surface area contributed by atoms with Crippen LogP contribution >= 0.6 is 23.2 Å². The lowest BCUT2D eigenvalue weighted by Crippen LogP contribution is -2.39. The number of carbonyl (C=O) groups is 2. The number of hydrogen-bond acceptors (Lipinski definition) is 4. The molecule has 0 fully saturated rings. The molecule has 3 aromatic carbocycles. The molecule has 0 saturated heterocycles. The van der Waals surface area contributed by atoms with Gasteiger partial charge in [-0.3, -0.25) is 13.9 Å². The maximum absolute atomic E-state index is 13.7. The Morgan fingerprint density at radius 3 is 2.36 bits per heavy atom.